The van der Waals surface area contributed by atoms with Crippen LogP contribution in [0.25, 0.3) is 0 Å². The topological polar surface area (TPSA) is 64.3 Å². The number of carbonyl (C=O) groups excluding carboxylic acids is 1. The van der Waals surface area contributed by atoms with E-state index in [0.717, 1.165) is 30.7 Å². The van der Waals surface area contributed by atoms with Crippen LogP contribution >= 0.6 is 0 Å². The lowest BCUT2D eigenvalue weighted by molar-refractivity contribution is -0.120. The third-order valence-corrected chi connectivity index (χ3v) is 3.62. The van der Waals surface area contributed by atoms with E-state index in [1.807, 2.05) is 24.3 Å². The summed E-state index contributed by atoms with van der Waals surface area (Å²) in [4.78, 5) is 12.3. The van der Waals surface area contributed by atoms with Crippen molar-refractivity contribution in [2.24, 2.45) is 17.6 Å². The standard InChI is InChI=1S/C16H24N2O2/c1-11(2)10-20-15-9-4-3-8-14(15)18-16(19)12-6-5-7-13(12)17/h3-4,8-9,11-13H,5-7,10,17H2,1-2H3,(H,18,19). The van der Waals surface area contributed by atoms with Crippen LogP contribution in [0, 0.1) is 11.8 Å². The maximum Gasteiger partial charge on any atom is 0.229 e. The van der Waals surface area contributed by atoms with Crippen LogP contribution in [0.3, 0.4) is 0 Å². The molecular formula is C16H24N2O2. The summed E-state index contributed by atoms with van der Waals surface area (Å²) in [5.74, 6) is 1.10. The molecule has 1 saturated carbocycles. The average Bonchev–Trinajstić information content (AvgIpc) is 2.84. The summed E-state index contributed by atoms with van der Waals surface area (Å²) in [5.41, 5.74) is 6.71. The van der Waals surface area contributed by atoms with Crippen LogP contribution in [0.2, 0.25) is 0 Å². The molecule has 0 spiro atoms. The summed E-state index contributed by atoms with van der Waals surface area (Å²) < 4.78 is 5.74. The Morgan fingerprint density at radius 2 is 2.15 bits per heavy atom. The summed E-state index contributed by atoms with van der Waals surface area (Å²) in [6, 6.07) is 7.54. The first-order chi connectivity index (χ1) is 9.58. The molecule has 1 aromatic rings. The van der Waals surface area contributed by atoms with Gasteiger partial charge in [-0.25, -0.2) is 0 Å². The fourth-order valence-corrected chi connectivity index (χ4v) is 2.49. The third kappa shape index (κ3) is 3.73. The van der Waals surface area contributed by atoms with E-state index in [9.17, 15) is 4.79 Å². The van der Waals surface area contributed by atoms with Crippen molar-refractivity contribution in [2.75, 3.05) is 11.9 Å². The van der Waals surface area contributed by atoms with Crippen molar-refractivity contribution in [1.29, 1.82) is 0 Å². The molecule has 0 aliphatic heterocycles. The molecule has 110 valence electrons. The highest BCUT2D eigenvalue weighted by atomic mass is 16.5. The molecule has 1 aliphatic carbocycles. The Morgan fingerprint density at radius 3 is 2.80 bits per heavy atom. The summed E-state index contributed by atoms with van der Waals surface area (Å²) in [6.45, 7) is 4.83. The van der Waals surface area contributed by atoms with E-state index in [1.54, 1.807) is 0 Å². The van der Waals surface area contributed by atoms with Crippen LogP contribution in [0.1, 0.15) is 33.1 Å². The lowest BCUT2D eigenvalue weighted by atomic mass is 10.0. The van der Waals surface area contributed by atoms with Gasteiger partial charge < -0.3 is 15.8 Å². The number of benzene rings is 1. The van der Waals surface area contributed by atoms with Gasteiger partial charge in [0, 0.05) is 6.04 Å². The number of ether oxygens (including phenoxy) is 1. The molecule has 0 saturated heterocycles. The van der Waals surface area contributed by atoms with Gasteiger partial charge in [-0.2, -0.15) is 0 Å². The molecule has 1 aromatic carbocycles. The number of para-hydroxylation sites is 2. The van der Waals surface area contributed by atoms with Gasteiger partial charge >= 0.3 is 0 Å². The predicted octanol–water partition coefficient (Wildman–Crippen LogP) is 2.79. The zero-order chi connectivity index (χ0) is 14.5. The van der Waals surface area contributed by atoms with Crippen LogP contribution in [-0.4, -0.2) is 18.6 Å². The van der Waals surface area contributed by atoms with E-state index in [-0.39, 0.29) is 17.9 Å². The van der Waals surface area contributed by atoms with Crippen molar-refractivity contribution in [1.82, 2.24) is 0 Å². The van der Waals surface area contributed by atoms with Gasteiger partial charge in [0.2, 0.25) is 5.91 Å². The SMILES string of the molecule is CC(C)COc1ccccc1NC(=O)C1CCCC1N. The normalized spacial score (nSPS) is 22.0. The number of anilines is 1. The summed E-state index contributed by atoms with van der Waals surface area (Å²) in [5, 5.41) is 2.96. The van der Waals surface area contributed by atoms with Crippen LogP contribution in [0.15, 0.2) is 24.3 Å². The van der Waals surface area contributed by atoms with E-state index in [4.69, 9.17) is 10.5 Å². The third-order valence-electron chi connectivity index (χ3n) is 3.62. The fraction of sp³-hybridized carbons (Fsp3) is 0.562. The van der Waals surface area contributed by atoms with Gasteiger partial charge in [-0.1, -0.05) is 32.4 Å². The molecule has 20 heavy (non-hydrogen) atoms. The average molecular weight is 276 g/mol. The molecule has 4 heteroatoms. The molecule has 2 atom stereocenters. The summed E-state index contributed by atoms with van der Waals surface area (Å²) in [6.07, 6.45) is 2.84. The van der Waals surface area contributed by atoms with Crippen molar-refractivity contribution in [3.63, 3.8) is 0 Å². The molecule has 4 nitrogen and oxygen atoms in total. The fourth-order valence-electron chi connectivity index (χ4n) is 2.49. The first-order valence-electron chi connectivity index (χ1n) is 7.36. The van der Waals surface area contributed by atoms with E-state index in [2.05, 4.69) is 19.2 Å². The molecule has 1 fully saturated rings. The van der Waals surface area contributed by atoms with Crippen molar-refractivity contribution < 1.29 is 9.53 Å². The maximum absolute atomic E-state index is 12.3. The van der Waals surface area contributed by atoms with Gasteiger partial charge in [-0.15, -0.1) is 0 Å². The number of rotatable bonds is 5. The molecule has 0 heterocycles. The number of nitrogens with two attached hydrogens (primary N) is 1. The molecular weight excluding hydrogens is 252 g/mol. The Bertz CT molecular complexity index is 460. The highest BCUT2D eigenvalue weighted by molar-refractivity contribution is 5.94. The number of amides is 1. The molecule has 2 unspecified atom stereocenters. The van der Waals surface area contributed by atoms with Crippen molar-refractivity contribution >= 4 is 11.6 Å². The zero-order valence-electron chi connectivity index (χ0n) is 12.3. The van der Waals surface area contributed by atoms with Gasteiger partial charge in [0.1, 0.15) is 5.75 Å². The van der Waals surface area contributed by atoms with Gasteiger partial charge in [-0.3, -0.25) is 4.79 Å². The smallest absolute Gasteiger partial charge is 0.229 e. The second kappa shape index (κ2) is 6.75. The van der Waals surface area contributed by atoms with Crippen molar-refractivity contribution in [2.45, 2.75) is 39.2 Å². The monoisotopic (exact) mass is 276 g/mol. The molecule has 1 aliphatic rings. The van der Waals surface area contributed by atoms with Crippen LogP contribution in [0.4, 0.5) is 5.69 Å². The Labute approximate surface area is 120 Å². The maximum atomic E-state index is 12.3. The minimum Gasteiger partial charge on any atom is -0.491 e. The van der Waals surface area contributed by atoms with E-state index >= 15 is 0 Å². The molecule has 0 bridgehead atoms. The second-order valence-electron chi connectivity index (χ2n) is 5.89. The Morgan fingerprint density at radius 1 is 1.40 bits per heavy atom. The summed E-state index contributed by atoms with van der Waals surface area (Å²) >= 11 is 0. The first kappa shape index (κ1) is 14.9. The number of carbonyl (C=O) groups is 1. The Kier molecular flexibility index (Phi) is 5.01. The van der Waals surface area contributed by atoms with Gasteiger partial charge in [0.25, 0.3) is 0 Å². The first-order valence-corrected chi connectivity index (χ1v) is 7.36. The van der Waals surface area contributed by atoms with E-state index < -0.39 is 0 Å². The minimum absolute atomic E-state index is 0.00981. The van der Waals surface area contributed by atoms with Crippen LogP contribution in [-0.2, 0) is 4.79 Å². The van der Waals surface area contributed by atoms with Gasteiger partial charge in [-0.05, 0) is 30.9 Å². The number of nitrogens with one attached hydrogen (secondary N) is 1. The quantitative estimate of drug-likeness (QED) is 0.869. The second-order valence-corrected chi connectivity index (χ2v) is 5.89. The Hall–Kier alpha value is -1.55. The van der Waals surface area contributed by atoms with E-state index in [0.29, 0.717) is 12.5 Å². The van der Waals surface area contributed by atoms with Gasteiger partial charge in [0.05, 0.1) is 18.2 Å². The largest absolute Gasteiger partial charge is 0.491 e. The molecule has 0 radical (unpaired) electrons. The lowest BCUT2D eigenvalue weighted by Gasteiger charge is -2.17. The molecule has 3 N–H and O–H groups in total. The van der Waals surface area contributed by atoms with Gasteiger partial charge in [0.15, 0.2) is 0 Å². The van der Waals surface area contributed by atoms with Crippen LogP contribution in [0.5, 0.6) is 5.75 Å². The van der Waals surface area contributed by atoms with Crippen molar-refractivity contribution in [3.05, 3.63) is 24.3 Å². The summed E-state index contributed by atoms with van der Waals surface area (Å²) in [7, 11) is 0. The van der Waals surface area contributed by atoms with E-state index in [1.165, 1.54) is 0 Å². The highest BCUT2D eigenvalue weighted by Crippen LogP contribution is 2.28. The number of hydrogen-bond acceptors (Lipinski definition) is 3. The number of hydrogen-bond donors (Lipinski definition) is 2. The molecule has 0 aromatic heterocycles. The molecule has 2 rings (SSSR count). The minimum atomic E-state index is -0.0758. The Balaban J connectivity index is 2.03. The molecule has 1 amide bonds. The predicted molar refractivity (Wildman–Crippen MR) is 80.7 cm³/mol. The van der Waals surface area contributed by atoms with Crippen LogP contribution < -0.4 is 15.8 Å². The van der Waals surface area contributed by atoms with Crippen molar-refractivity contribution in [3.8, 4) is 5.75 Å². The zero-order valence-corrected chi connectivity index (χ0v) is 12.3. The lowest BCUT2D eigenvalue weighted by Crippen LogP contribution is -2.34. The highest BCUT2D eigenvalue weighted by Gasteiger charge is 2.30.